The molecule has 0 radical (unpaired) electrons. The minimum Gasteiger partial charge on any atom is -0.354 e. The Bertz CT molecular complexity index is 1570. The zero-order chi connectivity index (χ0) is 22.4. The second-order valence-electron chi connectivity index (χ2n) is 8.74. The highest BCUT2D eigenvalue weighted by atomic mass is 14.9. The molecule has 0 aliphatic rings. The molecule has 0 aliphatic heterocycles. The number of rotatable bonds is 4. The number of hydrogen-bond donors (Lipinski definition) is 1. The van der Waals surface area contributed by atoms with Crippen LogP contribution in [-0.2, 0) is 7.05 Å². The molecule has 2 heteroatoms. The van der Waals surface area contributed by atoms with E-state index in [1.807, 2.05) is 0 Å². The van der Waals surface area contributed by atoms with Gasteiger partial charge in [0.15, 0.2) is 0 Å². The first-order valence-corrected chi connectivity index (χ1v) is 11.5. The van der Waals surface area contributed by atoms with Crippen LogP contribution in [0.2, 0.25) is 0 Å². The first-order valence-electron chi connectivity index (χ1n) is 11.5. The van der Waals surface area contributed by atoms with Gasteiger partial charge in [-0.15, -0.1) is 0 Å². The third-order valence-corrected chi connectivity index (χ3v) is 6.97. The van der Waals surface area contributed by atoms with Crippen LogP contribution in [0.4, 0.5) is 0 Å². The van der Waals surface area contributed by atoms with Crippen molar-refractivity contribution in [3.63, 3.8) is 0 Å². The summed E-state index contributed by atoms with van der Waals surface area (Å²) in [6, 6.07) is 39.1. The van der Waals surface area contributed by atoms with Crippen LogP contribution >= 0.6 is 0 Å². The average Bonchev–Trinajstić information content (AvgIpc) is 3.37. The zero-order valence-electron chi connectivity index (χ0n) is 18.9. The molecule has 0 saturated heterocycles. The Morgan fingerprint density at radius 2 is 1.24 bits per heavy atom. The monoisotopic (exact) mass is 426 g/mol. The second kappa shape index (κ2) is 7.83. The summed E-state index contributed by atoms with van der Waals surface area (Å²) in [5.41, 5.74) is 10.2. The van der Waals surface area contributed by atoms with Crippen LogP contribution in [0.3, 0.4) is 0 Å². The molecule has 1 atom stereocenters. The Kier molecular flexibility index (Phi) is 4.66. The van der Waals surface area contributed by atoms with Gasteiger partial charge in [-0.05, 0) is 41.3 Å². The first-order chi connectivity index (χ1) is 16.2. The third-order valence-electron chi connectivity index (χ3n) is 6.97. The molecule has 0 bridgehead atoms. The van der Waals surface area contributed by atoms with Gasteiger partial charge in [-0.1, -0.05) is 97.1 Å². The van der Waals surface area contributed by atoms with Crippen molar-refractivity contribution in [3.8, 4) is 11.3 Å². The van der Waals surface area contributed by atoms with Gasteiger partial charge in [0.25, 0.3) is 0 Å². The maximum absolute atomic E-state index is 3.77. The van der Waals surface area contributed by atoms with E-state index in [9.17, 15) is 0 Å². The summed E-state index contributed by atoms with van der Waals surface area (Å²) in [7, 11) is 2.18. The van der Waals surface area contributed by atoms with Crippen LogP contribution in [0.25, 0.3) is 33.1 Å². The van der Waals surface area contributed by atoms with Gasteiger partial charge in [-0.2, -0.15) is 0 Å². The smallest absolute Gasteiger partial charge is 0.0507 e. The Hall–Kier alpha value is -4.04. The largest absolute Gasteiger partial charge is 0.354 e. The lowest BCUT2D eigenvalue weighted by Gasteiger charge is -2.21. The van der Waals surface area contributed by atoms with Gasteiger partial charge >= 0.3 is 0 Å². The number of fused-ring (bicyclic) bond motifs is 2. The molecule has 2 heterocycles. The van der Waals surface area contributed by atoms with Crippen molar-refractivity contribution in [1.29, 1.82) is 0 Å². The maximum atomic E-state index is 3.77. The molecular formula is C31H26N2. The predicted octanol–water partition coefficient (Wildman–Crippen LogP) is 7.82. The van der Waals surface area contributed by atoms with E-state index >= 15 is 0 Å². The highest BCUT2D eigenvalue weighted by Gasteiger charge is 2.29. The second-order valence-corrected chi connectivity index (χ2v) is 8.74. The Morgan fingerprint density at radius 1 is 0.636 bits per heavy atom. The molecule has 6 aromatic rings. The van der Waals surface area contributed by atoms with E-state index in [0.717, 1.165) is 0 Å². The van der Waals surface area contributed by atoms with Crippen molar-refractivity contribution in [2.75, 3.05) is 0 Å². The van der Waals surface area contributed by atoms with Gasteiger partial charge in [-0.25, -0.2) is 0 Å². The van der Waals surface area contributed by atoms with Gasteiger partial charge < -0.3 is 9.55 Å². The van der Waals surface area contributed by atoms with Gasteiger partial charge in [0.05, 0.1) is 5.69 Å². The lowest BCUT2D eigenvalue weighted by atomic mass is 9.81. The van der Waals surface area contributed by atoms with Crippen LogP contribution < -0.4 is 0 Å². The highest BCUT2D eigenvalue weighted by Crippen LogP contribution is 2.45. The summed E-state index contributed by atoms with van der Waals surface area (Å²) in [6.07, 6.45) is 0. The van der Waals surface area contributed by atoms with Crippen molar-refractivity contribution in [1.82, 2.24) is 9.55 Å². The number of benzene rings is 4. The van der Waals surface area contributed by atoms with Crippen molar-refractivity contribution in [2.24, 2.45) is 7.05 Å². The zero-order valence-corrected chi connectivity index (χ0v) is 18.9. The summed E-state index contributed by atoms with van der Waals surface area (Å²) in [6.45, 7) is 2.25. The van der Waals surface area contributed by atoms with Crippen molar-refractivity contribution < 1.29 is 0 Å². The molecule has 0 fully saturated rings. The molecule has 2 nitrogen and oxygen atoms in total. The topological polar surface area (TPSA) is 20.7 Å². The molecular weight excluding hydrogens is 400 g/mol. The van der Waals surface area contributed by atoms with Crippen molar-refractivity contribution >= 4 is 21.8 Å². The number of aromatic amines is 1. The molecule has 0 spiro atoms. The normalized spacial score (nSPS) is 12.4. The van der Waals surface area contributed by atoms with E-state index in [0.29, 0.717) is 0 Å². The van der Waals surface area contributed by atoms with Crippen LogP contribution in [0.5, 0.6) is 0 Å². The van der Waals surface area contributed by atoms with Crippen LogP contribution in [0, 0.1) is 6.92 Å². The molecule has 160 valence electrons. The van der Waals surface area contributed by atoms with Gasteiger partial charge in [0.2, 0.25) is 0 Å². The molecule has 2 aromatic heterocycles. The van der Waals surface area contributed by atoms with E-state index in [2.05, 4.69) is 133 Å². The lowest BCUT2D eigenvalue weighted by molar-refractivity contribution is 0.881. The Morgan fingerprint density at radius 3 is 2.00 bits per heavy atom. The fourth-order valence-electron chi connectivity index (χ4n) is 5.33. The summed E-state index contributed by atoms with van der Waals surface area (Å²) in [4.78, 5) is 3.77. The summed E-state index contributed by atoms with van der Waals surface area (Å²) in [5, 5.41) is 2.59. The number of para-hydroxylation sites is 2. The lowest BCUT2D eigenvalue weighted by Crippen LogP contribution is -2.06. The van der Waals surface area contributed by atoms with Crippen LogP contribution in [0.15, 0.2) is 109 Å². The van der Waals surface area contributed by atoms with E-state index in [1.54, 1.807) is 0 Å². The number of aromatic nitrogens is 2. The van der Waals surface area contributed by atoms with Crippen LogP contribution in [0.1, 0.15) is 28.3 Å². The summed E-state index contributed by atoms with van der Waals surface area (Å²) in [5.74, 6) is 0.101. The number of H-pyrrole nitrogens is 1. The summed E-state index contributed by atoms with van der Waals surface area (Å²) < 4.78 is 2.33. The maximum Gasteiger partial charge on any atom is 0.0507 e. The molecule has 4 aromatic carbocycles. The molecule has 0 saturated carbocycles. The minimum atomic E-state index is 0.101. The van der Waals surface area contributed by atoms with Gasteiger partial charge in [0, 0.05) is 40.5 Å². The number of aryl methyl sites for hydroxylation is 1. The molecule has 33 heavy (non-hydrogen) atoms. The molecule has 1 unspecified atom stereocenters. The van der Waals surface area contributed by atoms with E-state index < -0.39 is 0 Å². The quantitative estimate of drug-likeness (QED) is 0.297. The van der Waals surface area contributed by atoms with Gasteiger partial charge in [-0.3, -0.25) is 0 Å². The van der Waals surface area contributed by atoms with Crippen molar-refractivity contribution in [2.45, 2.75) is 12.8 Å². The summed E-state index contributed by atoms with van der Waals surface area (Å²) >= 11 is 0. The van der Waals surface area contributed by atoms with E-state index in [4.69, 9.17) is 0 Å². The van der Waals surface area contributed by atoms with Crippen LogP contribution in [-0.4, -0.2) is 9.55 Å². The minimum absolute atomic E-state index is 0.101. The average molecular weight is 427 g/mol. The van der Waals surface area contributed by atoms with Crippen molar-refractivity contribution in [3.05, 3.63) is 132 Å². The first kappa shape index (κ1) is 19.6. The number of hydrogen-bond acceptors (Lipinski definition) is 0. The fourth-order valence-corrected chi connectivity index (χ4v) is 5.33. The van der Waals surface area contributed by atoms with E-state index in [-0.39, 0.29) is 5.92 Å². The standard InChI is InChI=1S/C31H26N2/c1-21-28(25-18-10-12-20-27(25)33(21)2)29(22-13-5-3-6-14-22)30-24-17-9-11-19-26(24)32-31(30)23-15-7-4-8-16-23/h3-20,29,32H,1-2H3. The Labute approximate surface area is 194 Å². The Balaban J connectivity index is 1.76. The molecule has 1 N–H and O–H groups in total. The molecule has 0 amide bonds. The highest BCUT2D eigenvalue weighted by molar-refractivity contribution is 5.95. The fraction of sp³-hybridized carbons (Fsp3) is 0.0968. The third kappa shape index (κ3) is 3.10. The molecule has 6 rings (SSSR count). The predicted molar refractivity (Wildman–Crippen MR) is 139 cm³/mol. The van der Waals surface area contributed by atoms with Gasteiger partial charge in [0.1, 0.15) is 0 Å². The van der Waals surface area contributed by atoms with E-state index in [1.165, 1.54) is 55.4 Å². The number of nitrogens with one attached hydrogen (secondary N) is 1. The number of nitrogens with zero attached hydrogens (tertiary/aromatic N) is 1. The molecule has 0 aliphatic carbocycles. The SMILES string of the molecule is Cc1c(C(c2ccccc2)c2c(-c3ccccc3)[nH]c3ccccc23)c2ccccc2n1C.